The highest BCUT2D eigenvalue weighted by atomic mass is 16.2. The zero-order valence-corrected chi connectivity index (χ0v) is 20.1. The van der Waals surface area contributed by atoms with Crippen LogP contribution in [-0.4, -0.2) is 42.6 Å². The molecule has 0 saturated heterocycles. The zero-order valence-electron chi connectivity index (χ0n) is 20.1. The van der Waals surface area contributed by atoms with E-state index in [4.69, 9.17) is 0 Å². The summed E-state index contributed by atoms with van der Waals surface area (Å²) in [6, 6.07) is 4.54. The number of rotatable bonds is 7. The fourth-order valence-corrected chi connectivity index (χ4v) is 4.48. The van der Waals surface area contributed by atoms with Gasteiger partial charge in [0.2, 0.25) is 11.7 Å². The van der Waals surface area contributed by atoms with Gasteiger partial charge in [-0.05, 0) is 58.2 Å². The van der Waals surface area contributed by atoms with Crippen LogP contribution >= 0.6 is 0 Å². The maximum absolute atomic E-state index is 13.4. The molecule has 1 saturated carbocycles. The van der Waals surface area contributed by atoms with Gasteiger partial charge in [-0.3, -0.25) is 19.0 Å². The summed E-state index contributed by atoms with van der Waals surface area (Å²) in [7, 11) is 0. The largest absolute Gasteiger partial charge is 0.352 e. The lowest BCUT2D eigenvalue weighted by Gasteiger charge is -2.14. The normalized spacial score (nSPS) is 15.3. The number of hydrogen-bond acceptors (Lipinski definition) is 5. The molecule has 3 aromatic rings. The average molecular weight is 469 g/mol. The predicted octanol–water partition coefficient (Wildman–Crippen LogP) is 1.98. The first kappa shape index (κ1) is 23.7. The number of aromatic nitrogens is 4. The number of nitrogens with zero attached hydrogens (tertiary/aromatic N) is 4. The van der Waals surface area contributed by atoms with Gasteiger partial charge >= 0.3 is 5.69 Å². The molecule has 0 bridgehead atoms. The molecule has 2 heterocycles. The van der Waals surface area contributed by atoms with E-state index in [0.29, 0.717) is 16.5 Å². The van der Waals surface area contributed by atoms with Crippen LogP contribution in [0.1, 0.15) is 76.2 Å². The Hall–Kier alpha value is -3.43. The standard InChI is InChI=1S/C24H32N6O4/c1-5-15(4)25-21(32)16-10-11-18-19(12-16)30-23(29(14(2)3)22(18)33)27-28(24(30)34)13-20(31)26-17-8-6-7-9-17/h10-12,14-15,17H,5-9,13H2,1-4H3,(H,25,32)(H,26,31). The van der Waals surface area contributed by atoms with Crippen molar-refractivity contribution in [2.75, 3.05) is 0 Å². The molecular formula is C24H32N6O4. The Kier molecular flexibility index (Phi) is 6.58. The van der Waals surface area contributed by atoms with Crippen molar-refractivity contribution in [1.82, 2.24) is 29.4 Å². The number of nitrogens with one attached hydrogen (secondary N) is 2. The molecule has 1 aliphatic carbocycles. The Bertz CT molecular complexity index is 1360. The van der Waals surface area contributed by atoms with Crippen LogP contribution in [0.25, 0.3) is 16.7 Å². The highest BCUT2D eigenvalue weighted by Gasteiger charge is 2.23. The lowest BCUT2D eigenvalue weighted by Crippen LogP contribution is -2.37. The van der Waals surface area contributed by atoms with Crippen molar-refractivity contribution in [2.24, 2.45) is 0 Å². The third-order valence-corrected chi connectivity index (χ3v) is 6.51. The van der Waals surface area contributed by atoms with E-state index in [0.717, 1.165) is 36.8 Å². The lowest BCUT2D eigenvalue weighted by molar-refractivity contribution is -0.122. The topological polar surface area (TPSA) is 120 Å². The van der Waals surface area contributed by atoms with E-state index >= 15 is 0 Å². The number of carbonyl (C=O) groups excluding carboxylic acids is 2. The van der Waals surface area contributed by atoms with Crippen LogP contribution in [0, 0.1) is 0 Å². The van der Waals surface area contributed by atoms with Gasteiger partial charge in [-0.25, -0.2) is 13.9 Å². The Morgan fingerprint density at radius 2 is 1.85 bits per heavy atom. The molecule has 0 spiro atoms. The van der Waals surface area contributed by atoms with Crippen molar-refractivity contribution < 1.29 is 9.59 Å². The van der Waals surface area contributed by atoms with Crippen LogP contribution in [0.15, 0.2) is 27.8 Å². The summed E-state index contributed by atoms with van der Waals surface area (Å²) in [5, 5.41) is 10.5. The summed E-state index contributed by atoms with van der Waals surface area (Å²) in [5.41, 5.74) is -0.204. The highest BCUT2D eigenvalue weighted by molar-refractivity contribution is 5.98. The molecule has 0 aliphatic heterocycles. The van der Waals surface area contributed by atoms with Gasteiger partial charge in [0.05, 0.1) is 10.9 Å². The van der Waals surface area contributed by atoms with Gasteiger partial charge in [0, 0.05) is 23.7 Å². The Balaban J connectivity index is 1.84. The van der Waals surface area contributed by atoms with Gasteiger partial charge in [-0.15, -0.1) is 5.10 Å². The van der Waals surface area contributed by atoms with E-state index in [2.05, 4.69) is 15.7 Å². The maximum atomic E-state index is 13.4. The van der Waals surface area contributed by atoms with Crippen LogP contribution in [0.2, 0.25) is 0 Å². The van der Waals surface area contributed by atoms with Gasteiger partial charge < -0.3 is 10.6 Å². The molecule has 4 rings (SSSR count). The SMILES string of the molecule is CCC(C)NC(=O)c1ccc2c(=O)n(C(C)C)c3nn(CC(=O)NC4CCCC4)c(=O)n3c2c1. The number of hydrogen-bond donors (Lipinski definition) is 2. The second kappa shape index (κ2) is 9.44. The van der Waals surface area contributed by atoms with Gasteiger partial charge in [0.1, 0.15) is 6.54 Å². The van der Waals surface area contributed by atoms with E-state index in [1.165, 1.54) is 15.0 Å². The van der Waals surface area contributed by atoms with Gasteiger partial charge in [-0.1, -0.05) is 19.8 Å². The molecule has 2 N–H and O–H groups in total. The summed E-state index contributed by atoms with van der Waals surface area (Å²) in [6.07, 6.45) is 4.81. The lowest BCUT2D eigenvalue weighted by atomic mass is 10.1. The third kappa shape index (κ3) is 4.36. The van der Waals surface area contributed by atoms with Crippen LogP contribution in [0.3, 0.4) is 0 Å². The summed E-state index contributed by atoms with van der Waals surface area (Å²) >= 11 is 0. The molecule has 34 heavy (non-hydrogen) atoms. The predicted molar refractivity (Wildman–Crippen MR) is 129 cm³/mol. The van der Waals surface area contributed by atoms with Crippen LogP contribution in [0.5, 0.6) is 0 Å². The monoisotopic (exact) mass is 468 g/mol. The first-order valence-corrected chi connectivity index (χ1v) is 12.0. The second-order valence-electron chi connectivity index (χ2n) is 9.41. The van der Waals surface area contributed by atoms with E-state index < -0.39 is 5.69 Å². The molecular weight excluding hydrogens is 436 g/mol. The van der Waals surface area contributed by atoms with Crippen molar-refractivity contribution in [2.45, 2.75) is 84.5 Å². The van der Waals surface area contributed by atoms with Crippen molar-refractivity contribution in [3.05, 3.63) is 44.6 Å². The van der Waals surface area contributed by atoms with E-state index in [1.54, 1.807) is 12.1 Å². The average Bonchev–Trinajstić information content (AvgIpc) is 3.41. The van der Waals surface area contributed by atoms with E-state index in [9.17, 15) is 19.2 Å². The van der Waals surface area contributed by atoms with Gasteiger partial charge in [0.15, 0.2) is 0 Å². The second-order valence-corrected chi connectivity index (χ2v) is 9.41. The Morgan fingerprint density at radius 3 is 2.50 bits per heavy atom. The quantitative estimate of drug-likeness (QED) is 0.550. The Morgan fingerprint density at radius 1 is 1.15 bits per heavy atom. The molecule has 1 atom stereocenters. The third-order valence-electron chi connectivity index (χ3n) is 6.51. The Labute approximate surface area is 196 Å². The smallest absolute Gasteiger partial charge is 0.352 e. The van der Waals surface area contributed by atoms with E-state index in [1.807, 2.05) is 27.7 Å². The van der Waals surface area contributed by atoms with Gasteiger partial charge in [0.25, 0.3) is 11.5 Å². The highest BCUT2D eigenvalue weighted by Crippen LogP contribution is 2.18. The number of fused-ring (bicyclic) bond motifs is 3. The summed E-state index contributed by atoms with van der Waals surface area (Å²) in [5.74, 6) is -0.423. The van der Waals surface area contributed by atoms with Crippen molar-refractivity contribution >= 4 is 28.5 Å². The maximum Gasteiger partial charge on any atom is 0.352 e. The molecule has 1 aliphatic rings. The summed E-state index contributed by atoms with van der Waals surface area (Å²) in [6.45, 7) is 7.30. The minimum Gasteiger partial charge on any atom is -0.352 e. The molecule has 0 radical (unpaired) electrons. The minimum absolute atomic E-state index is 0.0130. The van der Waals surface area contributed by atoms with Crippen molar-refractivity contribution in [3.8, 4) is 0 Å². The molecule has 2 aromatic heterocycles. The first-order chi connectivity index (χ1) is 16.2. The molecule has 1 fully saturated rings. The summed E-state index contributed by atoms with van der Waals surface area (Å²) in [4.78, 5) is 51.9. The fourth-order valence-electron chi connectivity index (χ4n) is 4.48. The fraction of sp³-hybridized carbons (Fsp3) is 0.542. The molecule has 10 heteroatoms. The molecule has 1 aromatic carbocycles. The van der Waals surface area contributed by atoms with Crippen molar-refractivity contribution in [1.29, 1.82) is 0 Å². The minimum atomic E-state index is -0.532. The van der Waals surface area contributed by atoms with Gasteiger partial charge in [-0.2, -0.15) is 0 Å². The first-order valence-electron chi connectivity index (χ1n) is 12.0. The van der Waals surface area contributed by atoms with Crippen molar-refractivity contribution in [3.63, 3.8) is 0 Å². The number of benzene rings is 1. The van der Waals surface area contributed by atoms with Crippen LogP contribution in [0.4, 0.5) is 0 Å². The zero-order chi connectivity index (χ0) is 24.6. The van der Waals surface area contributed by atoms with E-state index in [-0.39, 0.29) is 47.8 Å². The molecule has 2 amide bonds. The molecule has 1 unspecified atom stereocenters. The molecule has 10 nitrogen and oxygen atoms in total. The van der Waals surface area contributed by atoms with Crippen LogP contribution in [-0.2, 0) is 11.3 Å². The van der Waals surface area contributed by atoms with Crippen LogP contribution < -0.4 is 21.9 Å². The molecule has 182 valence electrons. The number of amides is 2. The number of carbonyl (C=O) groups is 2. The summed E-state index contributed by atoms with van der Waals surface area (Å²) < 4.78 is 3.84.